The third-order valence-corrected chi connectivity index (χ3v) is 3.21. The van der Waals surface area contributed by atoms with Crippen molar-refractivity contribution in [3.63, 3.8) is 0 Å². The van der Waals surface area contributed by atoms with Crippen molar-refractivity contribution in [2.75, 3.05) is 0 Å². The zero-order valence-electron chi connectivity index (χ0n) is 10.3. The van der Waals surface area contributed by atoms with Crippen LogP contribution < -0.4 is 4.74 Å². The highest BCUT2D eigenvalue weighted by Crippen LogP contribution is 2.29. The lowest BCUT2D eigenvalue weighted by Gasteiger charge is -2.14. The van der Waals surface area contributed by atoms with Crippen LogP contribution in [0.2, 0.25) is 0 Å². The number of rotatable bonds is 4. The number of benzene rings is 1. The number of nitrogens with zero attached hydrogens (tertiary/aromatic N) is 2. The average Bonchev–Trinajstić information content (AvgIpc) is 2.72. The van der Waals surface area contributed by atoms with Crippen LogP contribution in [-0.2, 0) is 13.7 Å². The van der Waals surface area contributed by atoms with Crippen molar-refractivity contribution in [2.24, 2.45) is 7.05 Å². The number of ether oxygens (including phenoxy) is 1. The van der Waals surface area contributed by atoms with E-state index < -0.39 is 6.10 Å². The quantitative estimate of drug-likeness (QED) is 0.944. The van der Waals surface area contributed by atoms with Gasteiger partial charge in [0.25, 0.3) is 0 Å². The van der Waals surface area contributed by atoms with Crippen molar-refractivity contribution >= 4 is 15.9 Å². The van der Waals surface area contributed by atoms with Crippen molar-refractivity contribution in [1.29, 1.82) is 0 Å². The molecule has 1 aromatic carbocycles. The molecule has 1 N–H and O–H groups in total. The summed E-state index contributed by atoms with van der Waals surface area (Å²) in [5.74, 6) is 0.681. The fourth-order valence-electron chi connectivity index (χ4n) is 1.65. The third kappa shape index (κ3) is 2.91. The van der Waals surface area contributed by atoms with E-state index in [-0.39, 0.29) is 0 Å². The highest BCUT2D eigenvalue weighted by atomic mass is 79.9. The van der Waals surface area contributed by atoms with Crippen molar-refractivity contribution in [3.05, 3.63) is 46.5 Å². The second-order valence-electron chi connectivity index (χ2n) is 4.14. The monoisotopic (exact) mass is 310 g/mol. The van der Waals surface area contributed by atoms with Gasteiger partial charge in [-0.25, -0.2) is 4.98 Å². The SMILES string of the molecule is C[C@@H](O)c1ccc(Br)cc1OCc1cncn1C. The van der Waals surface area contributed by atoms with Crippen LogP contribution in [0, 0.1) is 0 Å². The molecule has 4 nitrogen and oxygen atoms in total. The van der Waals surface area contributed by atoms with Gasteiger partial charge in [-0.15, -0.1) is 0 Å². The fourth-order valence-corrected chi connectivity index (χ4v) is 1.99. The molecular formula is C13H15BrN2O2. The van der Waals surface area contributed by atoms with Gasteiger partial charge in [0.15, 0.2) is 0 Å². The largest absolute Gasteiger partial charge is 0.487 e. The molecular weight excluding hydrogens is 296 g/mol. The molecule has 0 spiro atoms. The number of aryl methyl sites for hydroxylation is 1. The summed E-state index contributed by atoms with van der Waals surface area (Å²) < 4.78 is 8.58. The van der Waals surface area contributed by atoms with Crippen LogP contribution in [0.25, 0.3) is 0 Å². The maximum atomic E-state index is 9.69. The van der Waals surface area contributed by atoms with Crippen LogP contribution >= 0.6 is 15.9 Å². The average molecular weight is 311 g/mol. The summed E-state index contributed by atoms with van der Waals surface area (Å²) >= 11 is 3.40. The number of aliphatic hydroxyl groups excluding tert-OH is 1. The van der Waals surface area contributed by atoms with E-state index >= 15 is 0 Å². The Balaban J connectivity index is 2.18. The third-order valence-electron chi connectivity index (χ3n) is 2.72. The Morgan fingerprint density at radius 2 is 2.28 bits per heavy atom. The Labute approximate surface area is 114 Å². The molecule has 96 valence electrons. The Kier molecular flexibility index (Phi) is 4.04. The normalized spacial score (nSPS) is 12.4. The zero-order valence-corrected chi connectivity index (χ0v) is 11.9. The number of aliphatic hydroxyl groups is 1. The first kappa shape index (κ1) is 13.1. The first-order chi connectivity index (χ1) is 8.58. The van der Waals surface area contributed by atoms with Crippen LogP contribution in [0.5, 0.6) is 5.75 Å². The predicted molar refractivity (Wildman–Crippen MR) is 72.3 cm³/mol. The lowest BCUT2D eigenvalue weighted by molar-refractivity contribution is 0.189. The minimum atomic E-state index is -0.556. The Morgan fingerprint density at radius 3 is 2.89 bits per heavy atom. The van der Waals surface area contributed by atoms with Crippen LogP contribution in [0.15, 0.2) is 35.2 Å². The summed E-state index contributed by atoms with van der Waals surface area (Å²) in [4.78, 5) is 4.03. The number of imidazole rings is 1. The van der Waals surface area contributed by atoms with Gasteiger partial charge in [0.2, 0.25) is 0 Å². The van der Waals surface area contributed by atoms with Gasteiger partial charge in [0.05, 0.1) is 24.3 Å². The van der Waals surface area contributed by atoms with E-state index in [1.54, 1.807) is 19.4 Å². The van der Waals surface area contributed by atoms with Crippen molar-refractivity contribution in [3.8, 4) is 5.75 Å². The summed E-state index contributed by atoms with van der Waals surface area (Å²) in [5.41, 5.74) is 1.76. The molecule has 0 bridgehead atoms. The Bertz CT molecular complexity index is 538. The van der Waals surface area contributed by atoms with Crippen LogP contribution in [-0.4, -0.2) is 14.7 Å². The lowest BCUT2D eigenvalue weighted by atomic mass is 10.1. The van der Waals surface area contributed by atoms with Gasteiger partial charge in [0.1, 0.15) is 12.4 Å². The highest BCUT2D eigenvalue weighted by Gasteiger charge is 2.10. The van der Waals surface area contributed by atoms with E-state index in [4.69, 9.17) is 4.74 Å². The van der Waals surface area contributed by atoms with E-state index in [1.165, 1.54) is 0 Å². The molecule has 5 heteroatoms. The minimum absolute atomic E-state index is 0.423. The molecule has 0 unspecified atom stereocenters. The first-order valence-electron chi connectivity index (χ1n) is 5.63. The van der Waals surface area contributed by atoms with Gasteiger partial charge in [0, 0.05) is 17.1 Å². The number of halogens is 1. The van der Waals surface area contributed by atoms with Crippen molar-refractivity contribution in [2.45, 2.75) is 19.6 Å². The lowest BCUT2D eigenvalue weighted by Crippen LogP contribution is -2.04. The van der Waals surface area contributed by atoms with Gasteiger partial charge in [-0.2, -0.15) is 0 Å². The summed E-state index contributed by atoms with van der Waals surface area (Å²) in [6.45, 7) is 2.15. The fraction of sp³-hybridized carbons (Fsp3) is 0.308. The second kappa shape index (κ2) is 5.54. The summed E-state index contributed by atoms with van der Waals surface area (Å²) in [7, 11) is 1.92. The highest BCUT2D eigenvalue weighted by molar-refractivity contribution is 9.10. The van der Waals surface area contributed by atoms with E-state index in [1.807, 2.05) is 29.8 Å². The summed E-state index contributed by atoms with van der Waals surface area (Å²) in [6.07, 6.45) is 2.94. The molecule has 0 aliphatic carbocycles. The molecule has 0 aliphatic rings. The van der Waals surface area contributed by atoms with Gasteiger partial charge >= 0.3 is 0 Å². The molecule has 2 aromatic rings. The van der Waals surface area contributed by atoms with E-state index in [0.717, 1.165) is 15.7 Å². The maximum absolute atomic E-state index is 9.69. The topological polar surface area (TPSA) is 47.3 Å². The Morgan fingerprint density at radius 1 is 1.50 bits per heavy atom. The number of aromatic nitrogens is 2. The molecule has 1 heterocycles. The molecule has 1 atom stereocenters. The van der Waals surface area contributed by atoms with E-state index in [0.29, 0.717) is 12.4 Å². The van der Waals surface area contributed by atoms with E-state index in [2.05, 4.69) is 20.9 Å². The molecule has 0 amide bonds. The maximum Gasteiger partial charge on any atom is 0.130 e. The second-order valence-corrected chi connectivity index (χ2v) is 5.06. The van der Waals surface area contributed by atoms with Crippen LogP contribution in [0.4, 0.5) is 0 Å². The van der Waals surface area contributed by atoms with Gasteiger partial charge < -0.3 is 14.4 Å². The molecule has 0 aliphatic heterocycles. The molecule has 1 aromatic heterocycles. The number of hydrogen-bond acceptors (Lipinski definition) is 3. The standard InChI is InChI=1S/C13H15BrN2O2/c1-9(17)12-4-3-10(14)5-13(12)18-7-11-6-15-8-16(11)2/h3-6,8-9,17H,7H2,1-2H3/t9-/m1/s1. The summed E-state index contributed by atoms with van der Waals surface area (Å²) in [5, 5.41) is 9.69. The van der Waals surface area contributed by atoms with Crippen molar-refractivity contribution < 1.29 is 9.84 Å². The van der Waals surface area contributed by atoms with Gasteiger partial charge in [-0.3, -0.25) is 0 Å². The molecule has 2 rings (SSSR count). The Hall–Kier alpha value is -1.33. The summed E-state index contributed by atoms with van der Waals surface area (Å²) in [6, 6.07) is 5.60. The van der Waals surface area contributed by atoms with Crippen molar-refractivity contribution in [1.82, 2.24) is 9.55 Å². The minimum Gasteiger partial charge on any atom is -0.487 e. The smallest absolute Gasteiger partial charge is 0.130 e. The van der Waals surface area contributed by atoms with Gasteiger partial charge in [-0.1, -0.05) is 22.0 Å². The molecule has 0 fully saturated rings. The molecule has 0 saturated carbocycles. The molecule has 18 heavy (non-hydrogen) atoms. The predicted octanol–water partition coefficient (Wildman–Crippen LogP) is 2.81. The number of hydrogen-bond donors (Lipinski definition) is 1. The molecule has 0 saturated heterocycles. The van der Waals surface area contributed by atoms with E-state index in [9.17, 15) is 5.11 Å². The van der Waals surface area contributed by atoms with Gasteiger partial charge in [-0.05, 0) is 19.1 Å². The molecule has 0 radical (unpaired) electrons. The zero-order chi connectivity index (χ0) is 13.1. The van der Waals surface area contributed by atoms with Crippen LogP contribution in [0.3, 0.4) is 0 Å². The van der Waals surface area contributed by atoms with Crippen LogP contribution in [0.1, 0.15) is 24.3 Å². The first-order valence-corrected chi connectivity index (χ1v) is 6.42.